The number of amides is 1. The summed E-state index contributed by atoms with van der Waals surface area (Å²) in [6.07, 6.45) is 3.90. The molecular weight excluding hydrogens is 579 g/mol. The average molecular weight is 620 g/mol. The van der Waals surface area contributed by atoms with Crippen LogP contribution in [0.4, 0.5) is 0 Å². The molecule has 5 atom stereocenters. The highest BCUT2D eigenvalue weighted by Gasteiger charge is 2.73. The van der Waals surface area contributed by atoms with Crippen LogP contribution in [0, 0.1) is 5.92 Å². The van der Waals surface area contributed by atoms with Crippen LogP contribution in [-0.2, 0) is 29.5 Å². The monoisotopic (exact) mass is 618 g/mol. The van der Waals surface area contributed by atoms with E-state index in [2.05, 4.69) is 72.2 Å². The van der Waals surface area contributed by atoms with Gasteiger partial charge in [0.2, 0.25) is 5.91 Å². The first-order chi connectivity index (χ1) is 20.7. The molecule has 4 aliphatic rings. The van der Waals surface area contributed by atoms with E-state index >= 15 is 0 Å². The van der Waals surface area contributed by atoms with E-state index in [4.69, 9.17) is 27.9 Å². The maximum atomic E-state index is 14.1. The highest BCUT2D eigenvalue weighted by molar-refractivity contribution is 6.42. The summed E-state index contributed by atoms with van der Waals surface area (Å²) < 4.78 is 6.91. The highest BCUT2D eigenvalue weighted by Crippen LogP contribution is 2.64. The van der Waals surface area contributed by atoms with Gasteiger partial charge in [-0.15, -0.1) is 0 Å². The Labute approximate surface area is 264 Å². The molecule has 3 aromatic rings. The van der Waals surface area contributed by atoms with Crippen molar-refractivity contribution in [2.24, 2.45) is 5.92 Å². The van der Waals surface area contributed by atoms with Gasteiger partial charge >= 0.3 is 0 Å². The normalized spacial score (nSPS) is 28.8. The van der Waals surface area contributed by atoms with Crippen molar-refractivity contribution in [1.29, 1.82) is 0 Å². The number of rotatable bonds is 8. The Morgan fingerprint density at radius 2 is 1.86 bits per heavy atom. The Balaban J connectivity index is 1.23. The Morgan fingerprint density at radius 3 is 2.63 bits per heavy atom. The molecule has 2 fully saturated rings. The summed E-state index contributed by atoms with van der Waals surface area (Å²) in [6.45, 7) is 6.76. The van der Waals surface area contributed by atoms with Crippen LogP contribution in [0.15, 0.2) is 66.7 Å². The third kappa shape index (κ3) is 4.70. The number of carbonyl (C=O) groups is 1. The van der Waals surface area contributed by atoms with Crippen LogP contribution in [-0.4, -0.2) is 64.2 Å². The molecule has 1 saturated carbocycles. The van der Waals surface area contributed by atoms with E-state index in [1.807, 2.05) is 6.07 Å². The number of nitrogens with zero attached hydrogens (tertiary/aromatic N) is 2. The van der Waals surface area contributed by atoms with Crippen molar-refractivity contribution in [3.63, 3.8) is 0 Å². The van der Waals surface area contributed by atoms with Gasteiger partial charge in [0.25, 0.3) is 0 Å². The van der Waals surface area contributed by atoms with Gasteiger partial charge in [-0.05, 0) is 79.5 Å². The molecule has 1 amide bonds. The fraction of sp³-hybridized carbons (Fsp3) is 0.472. The predicted molar refractivity (Wildman–Crippen MR) is 171 cm³/mol. The number of likely N-dealkylation sites (tertiary alicyclic amines) is 1. The molecule has 5 nitrogen and oxygen atoms in total. The van der Waals surface area contributed by atoms with Crippen LogP contribution in [0.5, 0.6) is 5.75 Å². The molecule has 2 aliphatic carbocycles. The molecule has 226 valence electrons. The number of carbonyl (C=O) groups excluding carboxylic acids is 1. The van der Waals surface area contributed by atoms with Crippen molar-refractivity contribution in [3.8, 4) is 5.75 Å². The maximum Gasteiger partial charge on any atom is 0.227 e. The average Bonchev–Trinajstić information content (AvgIpc) is 3.33. The minimum atomic E-state index is -0.918. The van der Waals surface area contributed by atoms with Gasteiger partial charge in [-0.3, -0.25) is 9.69 Å². The number of halogens is 2. The van der Waals surface area contributed by atoms with Crippen LogP contribution < -0.4 is 4.74 Å². The van der Waals surface area contributed by atoms with E-state index in [1.54, 1.807) is 12.1 Å². The standard InChI is InChI=1S/C36H40Cl2N2O3/c1-23(2)22-40(32(41)20-25-11-12-27(37)28(38)19-25)29-13-15-36(42)31-21-26-9-6-10-30-33(26)35(36,34(29)43-30)16-18-39(31)17-14-24-7-4-3-5-8-24/h3-12,19,23,29,31,34,42H,13-18,20-22H2,1-2H3/t29-,31-,34+,35+,36-/m1/s1. The molecule has 7 rings (SSSR count). The molecule has 1 spiro atoms. The van der Waals surface area contributed by atoms with Crippen molar-refractivity contribution in [3.05, 3.63) is 99.0 Å². The molecule has 3 aromatic carbocycles. The molecule has 7 heteroatoms. The van der Waals surface area contributed by atoms with Gasteiger partial charge < -0.3 is 14.7 Å². The lowest BCUT2D eigenvalue weighted by atomic mass is 9.48. The van der Waals surface area contributed by atoms with Crippen LogP contribution in [0.1, 0.15) is 55.4 Å². The van der Waals surface area contributed by atoms with Gasteiger partial charge in [-0.25, -0.2) is 0 Å². The largest absolute Gasteiger partial charge is 0.487 e. The van der Waals surface area contributed by atoms with Gasteiger partial charge in [0, 0.05) is 24.7 Å². The van der Waals surface area contributed by atoms with Crippen LogP contribution in [0.2, 0.25) is 10.0 Å². The zero-order valence-corrected chi connectivity index (χ0v) is 26.5. The third-order valence-electron chi connectivity index (χ3n) is 10.6. The van der Waals surface area contributed by atoms with Gasteiger partial charge in [0.1, 0.15) is 11.9 Å². The van der Waals surface area contributed by atoms with Gasteiger partial charge in [0.05, 0.1) is 33.5 Å². The molecular formula is C36H40Cl2N2O3. The first-order valence-corrected chi connectivity index (χ1v) is 16.5. The number of aliphatic hydroxyl groups is 1. The van der Waals surface area contributed by atoms with Gasteiger partial charge in [0.15, 0.2) is 0 Å². The Bertz CT molecular complexity index is 1530. The molecule has 2 heterocycles. The fourth-order valence-electron chi connectivity index (χ4n) is 8.82. The number of hydrogen-bond acceptors (Lipinski definition) is 4. The first-order valence-electron chi connectivity index (χ1n) is 15.7. The maximum absolute atomic E-state index is 14.1. The summed E-state index contributed by atoms with van der Waals surface area (Å²) in [5.74, 6) is 1.24. The lowest BCUT2D eigenvalue weighted by molar-refractivity contribution is -0.201. The van der Waals surface area contributed by atoms with E-state index in [0.29, 0.717) is 29.4 Å². The Hall–Kier alpha value is -2.57. The minimum Gasteiger partial charge on any atom is -0.487 e. The first kappa shape index (κ1) is 29.2. The summed E-state index contributed by atoms with van der Waals surface area (Å²) in [5.41, 5.74) is 3.21. The van der Waals surface area contributed by atoms with Crippen molar-refractivity contribution >= 4 is 29.1 Å². The molecule has 2 aliphatic heterocycles. The zero-order valence-electron chi connectivity index (χ0n) is 24.9. The fourth-order valence-corrected chi connectivity index (χ4v) is 9.14. The molecule has 0 radical (unpaired) electrons. The van der Waals surface area contributed by atoms with Crippen LogP contribution >= 0.6 is 23.2 Å². The topological polar surface area (TPSA) is 53.0 Å². The molecule has 0 aromatic heterocycles. The SMILES string of the molecule is CC(C)CN(C(=O)Cc1ccc(Cl)c(Cl)c1)[C@@H]1CC[C@@]2(O)[C@H]3Cc4cccc5c4[C@@]2(CCN3CCc2ccccc2)[C@H]1O5. The predicted octanol–water partition coefficient (Wildman–Crippen LogP) is 6.49. The number of hydrogen-bond donors (Lipinski definition) is 1. The van der Waals surface area contributed by atoms with E-state index in [9.17, 15) is 9.90 Å². The van der Waals surface area contributed by atoms with Crippen LogP contribution in [0.3, 0.4) is 0 Å². The second kappa shape index (κ2) is 11.1. The lowest BCUT2D eigenvalue weighted by Gasteiger charge is -2.65. The smallest absolute Gasteiger partial charge is 0.227 e. The van der Waals surface area contributed by atoms with Crippen molar-refractivity contribution in [2.75, 3.05) is 19.6 Å². The van der Waals surface area contributed by atoms with E-state index in [1.165, 1.54) is 16.7 Å². The highest BCUT2D eigenvalue weighted by atomic mass is 35.5. The van der Waals surface area contributed by atoms with Crippen molar-refractivity contribution in [1.82, 2.24) is 9.80 Å². The van der Waals surface area contributed by atoms with Crippen molar-refractivity contribution in [2.45, 2.75) is 81.6 Å². The Kier molecular flexibility index (Phi) is 7.53. The van der Waals surface area contributed by atoms with E-state index < -0.39 is 11.0 Å². The van der Waals surface area contributed by atoms with Crippen molar-refractivity contribution < 1.29 is 14.6 Å². The van der Waals surface area contributed by atoms with Gasteiger partial charge in [-0.2, -0.15) is 0 Å². The second-order valence-corrected chi connectivity index (χ2v) is 14.3. The third-order valence-corrected chi connectivity index (χ3v) is 11.3. The summed E-state index contributed by atoms with van der Waals surface area (Å²) in [5, 5.41) is 13.9. The van der Waals surface area contributed by atoms with E-state index in [0.717, 1.165) is 43.7 Å². The van der Waals surface area contributed by atoms with E-state index in [-0.39, 0.29) is 36.4 Å². The summed E-state index contributed by atoms with van der Waals surface area (Å²) in [4.78, 5) is 18.7. The number of ether oxygens (including phenoxy) is 1. The molecule has 1 saturated heterocycles. The molecule has 2 bridgehead atoms. The summed E-state index contributed by atoms with van der Waals surface area (Å²) in [6, 6.07) is 22.3. The second-order valence-electron chi connectivity index (χ2n) is 13.4. The minimum absolute atomic E-state index is 0.0170. The zero-order chi connectivity index (χ0) is 29.9. The Morgan fingerprint density at radius 1 is 1.05 bits per heavy atom. The number of piperidine rings is 1. The van der Waals surface area contributed by atoms with Crippen LogP contribution in [0.25, 0.3) is 0 Å². The number of benzene rings is 3. The lowest BCUT2D eigenvalue weighted by Crippen LogP contribution is -2.78. The molecule has 0 unspecified atom stereocenters. The quantitative estimate of drug-likeness (QED) is 0.314. The summed E-state index contributed by atoms with van der Waals surface area (Å²) in [7, 11) is 0. The molecule has 1 N–H and O–H groups in total. The summed E-state index contributed by atoms with van der Waals surface area (Å²) >= 11 is 12.5. The van der Waals surface area contributed by atoms with Gasteiger partial charge in [-0.1, -0.05) is 85.6 Å². The molecule has 43 heavy (non-hydrogen) atoms.